The number of nitrogens with one attached hydrogen (secondary N) is 1. The maximum absolute atomic E-state index is 11.8. The van der Waals surface area contributed by atoms with Crippen LogP contribution >= 0.6 is 0 Å². The third-order valence-electron chi connectivity index (χ3n) is 3.64. The number of amides is 1. The Morgan fingerprint density at radius 1 is 1.52 bits per heavy atom. The fourth-order valence-electron chi connectivity index (χ4n) is 2.60. The van der Waals surface area contributed by atoms with Crippen molar-refractivity contribution in [3.05, 3.63) is 0 Å². The zero-order valence-corrected chi connectivity index (χ0v) is 14.0. The van der Waals surface area contributed by atoms with Gasteiger partial charge in [-0.25, -0.2) is 4.79 Å². The molecule has 1 saturated heterocycles. The lowest BCUT2D eigenvalue weighted by molar-refractivity contribution is 0.0429. The van der Waals surface area contributed by atoms with Crippen LogP contribution in [0.2, 0.25) is 0 Å². The lowest BCUT2D eigenvalue weighted by Gasteiger charge is -2.34. The third-order valence-corrected chi connectivity index (χ3v) is 3.64. The Kier molecular flexibility index (Phi) is 6.90. The second-order valence-electron chi connectivity index (χ2n) is 6.81. The van der Waals surface area contributed by atoms with Crippen LogP contribution in [0.1, 0.15) is 40.5 Å². The maximum atomic E-state index is 11.8. The number of likely N-dealkylation sites (N-methyl/N-ethyl adjacent to an activating group) is 1. The molecule has 0 aromatic heterocycles. The van der Waals surface area contributed by atoms with Gasteiger partial charge in [-0.3, -0.25) is 4.90 Å². The molecule has 1 aliphatic rings. The molecule has 1 fully saturated rings. The molecule has 0 spiro atoms. The molecule has 3 unspecified atom stereocenters. The van der Waals surface area contributed by atoms with E-state index in [0.717, 1.165) is 26.0 Å². The molecular weight excluding hydrogens is 270 g/mol. The Bertz CT molecular complexity index is 325. The number of nitrogens with zero attached hydrogens (tertiary/aromatic N) is 1. The topological polar surface area (TPSA) is 76.8 Å². The van der Waals surface area contributed by atoms with Gasteiger partial charge < -0.3 is 20.5 Å². The Morgan fingerprint density at radius 2 is 2.19 bits per heavy atom. The second kappa shape index (κ2) is 7.96. The van der Waals surface area contributed by atoms with Gasteiger partial charge in [-0.2, -0.15) is 0 Å². The molecule has 6 heteroatoms. The molecule has 3 atom stereocenters. The molecule has 0 saturated carbocycles. The first kappa shape index (κ1) is 18.2. The number of alkyl carbamates (subject to hydrolysis) is 1. The van der Waals surface area contributed by atoms with Crippen LogP contribution in [0.15, 0.2) is 0 Å². The summed E-state index contributed by atoms with van der Waals surface area (Å²) >= 11 is 0. The molecule has 1 rings (SSSR count). The van der Waals surface area contributed by atoms with Crippen molar-refractivity contribution in [2.45, 2.75) is 64.3 Å². The van der Waals surface area contributed by atoms with Gasteiger partial charge in [0.2, 0.25) is 0 Å². The highest BCUT2D eigenvalue weighted by atomic mass is 16.6. The highest BCUT2D eigenvalue weighted by molar-refractivity contribution is 5.68. The van der Waals surface area contributed by atoms with Crippen molar-refractivity contribution in [1.29, 1.82) is 0 Å². The summed E-state index contributed by atoms with van der Waals surface area (Å²) in [6, 6.07) is -0.0297. The summed E-state index contributed by atoms with van der Waals surface area (Å²) < 4.78 is 10.9. The number of rotatable bonds is 6. The highest BCUT2D eigenvalue weighted by Gasteiger charge is 2.27. The standard InChI is InChI=1S/C15H31N3O3/c1-11(17-14(19)21-15(2,3)4)13(9-16)18(5)10-12-7-6-8-20-12/h11-13H,6-10,16H2,1-5H3,(H,17,19). The van der Waals surface area contributed by atoms with Crippen LogP contribution < -0.4 is 11.1 Å². The predicted molar refractivity (Wildman–Crippen MR) is 83.3 cm³/mol. The minimum absolute atomic E-state index is 0.0571. The van der Waals surface area contributed by atoms with Gasteiger partial charge in [-0.05, 0) is 47.6 Å². The Labute approximate surface area is 128 Å². The van der Waals surface area contributed by atoms with E-state index in [9.17, 15) is 4.79 Å². The molecule has 21 heavy (non-hydrogen) atoms. The monoisotopic (exact) mass is 301 g/mol. The van der Waals surface area contributed by atoms with Crippen molar-refractivity contribution in [2.24, 2.45) is 5.73 Å². The summed E-state index contributed by atoms with van der Waals surface area (Å²) in [5.74, 6) is 0. The number of carbonyl (C=O) groups excluding carboxylic acids is 1. The lowest BCUT2D eigenvalue weighted by atomic mass is 10.1. The van der Waals surface area contributed by atoms with Crippen molar-refractivity contribution in [2.75, 3.05) is 26.7 Å². The number of carbonyl (C=O) groups is 1. The quantitative estimate of drug-likeness (QED) is 0.774. The number of ether oxygens (including phenoxy) is 2. The van der Waals surface area contributed by atoms with E-state index in [0.29, 0.717) is 6.54 Å². The van der Waals surface area contributed by atoms with E-state index in [1.165, 1.54) is 0 Å². The molecular formula is C15H31N3O3. The summed E-state index contributed by atoms with van der Waals surface area (Å²) in [7, 11) is 2.02. The average Bonchev–Trinajstić information content (AvgIpc) is 2.79. The van der Waals surface area contributed by atoms with Gasteiger partial charge in [0.1, 0.15) is 5.60 Å². The van der Waals surface area contributed by atoms with E-state index in [-0.39, 0.29) is 18.2 Å². The van der Waals surface area contributed by atoms with Crippen LogP contribution in [0.4, 0.5) is 4.79 Å². The normalized spacial score (nSPS) is 22.1. The molecule has 124 valence electrons. The fraction of sp³-hybridized carbons (Fsp3) is 0.933. The summed E-state index contributed by atoms with van der Waals surface area (Å²) in [6.07, 6.45) is 2.09. The molecule has 0 aromatic carbocycles. The summed E-state index contributed by atoms with van der Waals surface area (Å²) in [6.45, 7) is 9.65. The molecule has 0 aromatic rings. The fourth-order valence-corrected chi connectivity index (χ4v) is 2.60. The van der Waals surface area contributed by atoms with E-state index in [1.807, 2.05) is 34.7 Å². The zero-order chi connectivity index (χ0) is 16.0. The molecule has 1 aliphatic heterocycles. The van der Waals surface area contributed by atoms with Gasteiger partial charge >= 0.3 is 6.09 Å². The Hall–Kier alpha value is -0.850. The van der Waals surface area contributed by atoms with Gasteiger partial charge in [0.15, 0.2) is 0 Å². The van der Waals surface area contributed by atoms with Gasteiger partial charge in [0.05, 0.1) is 6.10 Å². The third kappa shape index (κ3) is 6.63. The van der Waals surface area contributed by atoms with E-state index in [1.54, 1.807) is 0 Å². The van der Waals surface area contributed by atoms with Crippen molar-refractivity contribution in [3.63, 3.8) is 0 Å². The smallest absolute Gasteiger partial charge is 0.407 e. The van der Waals surface area contributed by atoms with Crippen molar-refractivity contribution in [3.8, 4) is 0 Å². The SMILES string of the molecule is CC(NC(=O)OC(C)(C)C)C(CN)N(C)CC1CCCO1. The minimum atomic E-state index is -0.494. The summed E-state index contributed by atoms with van der Waals surface area (Å²) in [5.41, 5.74) is 5.38. The Morgan fingerprint density at radius 3 is 2.67 bits per heavy atom. The van der Waals surface area contributed by atoms with Crippen molar-refractivity contribution >= 4 is 6.09 Å². The number of hydrogen-bond acceptors (Lipinski definition) is 5. The van der Waals surface area contributed by atoms with Gasteiger partial charge in [0.25, 0.3) is 0 Å². The lowest BCUT2D eigenvalue weighted by Crippen LogP contribution is -2.54. The van der Waals surface area contributed by atoms with E-state index < -0.39 is 11.7 Å². The van der Waals surface area contributed by atoms with Crippen LogP contribution in [-0.2, 0) is 9.47 Å². The first-order valence-electron chi connectivity index (χ1n) is 7.74. The molecule has 1 amide bonds. The first-order valence-corrected chi connectivity index (χ1v) is 7.74. The molecule has 0 radical (unpaired) electrons. The van der Waals surface area contributed by atoms with Gasteiger partial charge in [-0.1, -0.05) is 0 Å². The Balaban J connectivity index is 2.47. The van der Waals surface area contributed by atoms with Crippen LogP contribution in [0.3, 0.4) is 0 Å². The van der Waals surface area contributed by atoms with E-state index in [2.05, 4.69) is 10.2 Å². The molecule has 1 heterocycles. The molecule has 6 nitrogen and oxygen atoms in total. The van der Waals surface area contributed by atoms with Crippen LogP contribution in [-0.4, -0.2) is 61.5 Å². The predicted octanol–water partition coefficient (Wildman–Crippen LogP) is 1.34. The molecule has 3 N–H and O–H groups in total. The van der Waals surface area contributed by atoms with Gasteiger partial charge in [-0.15, -0.1) is 0 Å². The number of hydrogen-bond donors (Lipinski definition) is 2. The first-order chi connectivity index (χ1) is 9.73. The number of nitrogens with two attached hydrogens (primary N) is 1. The second-order valence-corrected chi connectivity index (χ2v) is 6.81. The minimum Gasteiger partial charge on any atom is -0.444 e. The zero-order valence-electron chi connectivity index (χ0n) is 14.0. The van der Waals surface area contributed by atoms with E-state index in [4.69, 9.17) is 15.2 Å². The van der Waals surface area contributed by atoms with Crippen molar-refractivity contribution in [1.82, 2.24) is 10.2 Å². The maximum Gasteiger partial charge on any atom is 0.407 e. The largest absolute Gasteiger partial charge is 0.444 e. The summed E-state index contributed by atoms with van der Waals surface area (Å²) in [4.78, 5) is 14.0. The van der Waals surface area contributed by atoms with Crippen LogP contribution in [0.5, 0.6) is 0 Å². The van der Waals surface area contributed by atoms with Crippen LogP contribution in [0, 0.1) is 0 Å². The molecule has 0 bridgehead atoms. The molecule has 0 aliphatic carbocycles. The van der Waals surface area contributed by atoms with Gasteiger partial charge in [0, 0.05) is 31.8 Å². The van der Waals surface area contributed by atoms with E-state index >= 15 is 0 Å². The summed E-state index contributed by atoms with van der Waals surface area (Å²) in [5, 5.41) is 2.87. The van der Waals surface area contributed by atoms with Crippen LogP contribution in [0.25, 0.3) is 0 Å². The highest BCUT2D eigenvalue weighted by Crippen LogP contribution is 2.15. The van der Waals surface area contributed by atoms with Crippen molar-refractivity contribution < 1.29 is 14.3 Å². The average molecular weight is 301 g/mol.